The molecule has 1 unspecified atom stereocenters. The molecule has 0 aromatic heterocycles. The molecule has 0 saturated carbocycles. The zero-order valence-corrected chi connectivity index (χ0v) is 18.8. The molecule has 0 aliphatic carbocycles. The fraction of sp³-hybridized carbons (Fsp3) is 0.545. The van der Waals surface area contributed by atoms with E-state index in [1.54, 1.807) is 13.0 Å². The van der Waals surface area contributed by atoms with Crippen LogP contribution in [0.15, 0.2) is 18.2 Å². The van der Waals surface area contributed by atoms with Crippen LogP contribution in [0, 0.1) is 0 Å². The summed E-state index contributed by atoms with van der Waals surface area (Å²) in [6.07, 6.45) is 0.145. The van der Waals surface area contributed by atoms with Crippen molar-refractivity contribution in [2.24, 2.45) is 0 Å². The van der Waals surface area contributed by atoms with Crippen LogP contribution >= 0.6 is 0 Å². The van der Waals surface area contributed by atoms with Gasteiger partial charge in [-0.3, -0.25) is 14.4 Å². The van der Waals surface area contributed by atoms with Crippen LogP contribution in [-0.4, -0.2) is 55.0 Å². The Morgan fingerprint density at radius 3 is 2.12 bits per heavy atom. The zero-order chi connectivity index (χ0) is 24.1. The van der Waals surface area contributed by atoms with Crippen LogP contribution in [0.3, 0.4) is 0 Å². The number of carboxylic acid groups (broad SMARTS) is 1. The summed E-state index contributed by atoms with van der Waals surface area (Å²) >= 11 is 0. The van der Waals surface area contributed by atoms with Crippen molar-refractivity contribution in [2.75, 3.05) is 13.7 Å². The monoisotopic (exact) mass is 453 g/mol. The fourth-order valence-electron chi connectivity index (χ4n) is 2.64. The van der Waals surface area contributed by atoms with Crippen LogP contribution < -0.4 is 14.8 Å². The summed E-state index contributed by atoms with van der Waals surface area (Å²) in [6, 6.07) is 3.54. The van der Waals surface area contributed by atoms with E-state index in [0.29, 0.717) is 18.4 Å². The van der Waals surface area contributed by atoms with Crippen molar-refractivity contribution in [1.29, 1.82) is 0 Å². The molecule has 0 saturated heterocycles. The van der Waals surface area contributed by atoms with Crippen molar-refractivity contribution in [3.05, 3.63) is 23.8 Å². The fourth-order valence-corrected chi connectivity index (χ4v) is 2.64. The van der Waals surface area contributed by atoms with Gasteiger partial charge in [-0.25, -0.2) is 4.79 Å². The maximum atomic E-state index is 12.0. The smallest absolute Gasteiger partial charge is 0.480 e. The number of benzene rings is 1. The highest BCUT2D eigenvalue weighted by molar-refractivity contribution is 5.77. The van der Waals surface area contributed by atoms with Gasteiger partial charge in [0.15, 0.2) is 11.5 Å². The second-order valence-corrected chi connectivity index (χ2v) is 7.12. The van der Waals surface area contributed by atoms with Gasteiger partial charge < -0.3 is 29.4 Å². The Labute approximate surface area is 187 Å². The summed E-state index contributed by atoms with van der Waals surface area (Å²) in [6.45, 7) is 5.33. The minimum atomic E-state index is -1.11. The molecular formula is C22H31NO9. The highest BCUT2D eigenvalue weighted by Crippen LogP contribution is 2.30. The van der Waals surface area contributed by atoms with Crippen LogP contribution in [0.5, 0.6) is 11.5 Å². The average Bonchev–Trinajstić information content (AvgIpc) is 2.72. The maximum Gasteiger partial charge on any atom is 0.508 e. The molecule has 1 rings (SSSR count). The van der Waals surface area contributed by atoms with E-state index in [9.17, 15) is 24.3 Å². The highest BCUT2D eigenvalue weighted by Gasteiger charge is 2.21. The summed E-state index contributed by atoms with van der Waals surface area (Å²) in [5.74, 6) is -1.91. The minimum absolute atomic E-state index is 0.0434. The van der Waals surface area contributed by atoms with E-state index in [0.717, 1.165) is 0 Å². The summed E-state index contributed by atoms with van der Waals surface area (Å²) in [5.41, 5.74) is 0.543. The molecule has 0 aliphatic heterocycles. The maximum absolute atomic E-state index is 12.0. The lowest BCUT2D eigenvalue weighted by Crippen LogP contribution is -2.42. The number of hydrogen-bond acceptors (Lipinski definition) is 9. The quantitative estimate of drug-likeness (QED) is 0.339. The second-order valence-electron chi connectivity index (χ2n) is 7.12. The van der Waals surface area contributed by atoms with Crippen LogP contribution in [-0.2, 0) is 30.3 Å². The molecule has 2 N–H and O–H groups in total. The van der Waals surface area contributed by atoms with Crippen molar-refractivity contribution in [2.45, 2.75) is 65.0 Å². The lowest BCUT2D eigenvalue weighted by atomic mass is 10.0. The van der Waals surface area contributed by atoms with E-state index < -0.39 is 36.2 Å². The molecule has 10 heteroatoms. The minimum Gasteiger partial charge on any atom is -0.480 e. The van der Waals surface area contributed by atoms with Crippen molar-refractivity contribution < 1.29 is 43.2 Å². The molecule has 1 aromatic rings. The van der Waals surface area contributed by atoms with Gasteiger partial charge in [-0.15, -0.1) is 0 Å². The van der Waals surface area contributed by atoms with Gasteiger partial charge in [-0.05, 0) is 43.9 Å². The lowest BCUT2D eigenvalue weighted by molar-refractivity contribution is -0.139. The summed E-state index contributed by atoms with van der Waals surface area (Å²) in [7, 11) is 1.18. The first-order valence-electron chi connectivity index (χ1n) is 10.4. The third-order valence-corrected chi connectivity index (χ3v) is 4.22. The third kappa shape index (κ3) is 9.78. The molecule has 178 valence electrons. The molecule has 0 radical (unpaired) electrons. The number of esters is 2. The Kier molecular flexibility index (Phi) is 11.8. The second kappa shape index (κ2) is 14.0. The van der Waals surface area contributed by atoms with E-state index in [-0.39, 0.29) is 37.3 Å². The molecule has 0 aliphatic rings. The van der Waals surface area contributed by atoms with Crippen LogP contribution in [0.1, 0.15) is 52.0 Å². The van der Waals surface area contributed by atoms with Gasteiger partial charge in [0.05, 0.1) is 7.11 Å². The number of carboxylic acids is 1. The molecule has 0 bridgehead atoms. The number of carbonyl (C=O) groups is 4. The molecule has 32 heavy (non-hydrogen) atoms. The lowest BCUT2D eigenvalue weighted by Gasteiger charge is -2.19. The number of aliphatic carboxylic acids is 1. The normalized spacial score (nSPS) is 12.4. The molecule has 0 fully saturated rings. The van der Waals surface area contributed by atoms with Crippen LogP contribution in [0.2, 0.25) is 0 Å². The predicted molar refractivity (Wildman–Crippen MR) is 114 cm³/mol. The highest BCUT2D eigenvalue weighted by atomic mass is 16.7. The number of nitrogens with one attached hydrogen (secondary N) is 1. The van der Waals surface area contributed by atoms with E-state index >= 15 is 0 Å². The zero-order valence-electron chi connectivity index (χ0n) is 18.8. The van der Waals surface area contributed by atoms with Gasteiger partial charge >= 0.3 is 24.1 Å². The molecule has 0 heterocycles. The molecule has 1 aromatic carbocycles. The number of methoxy groups -OCH3 is 1. The molecule has 2 atom stereocenters. The number of ether oxygens (including phenoxy) is 4. The van der Waals surface area contributed by atoms with E-state index in [2.05, 4.69) is 10.1 Å². The Bertz CT molecular complexity index is 794. The van der Waals surface area contributed by atoms with Gasteiger partial charge in [0.2, 0.25) is 0 Å². The Morgan fingerprint density at radius 1 is 1.00 bits per heavy atom. The standard InChI is InChI=1S/C22H31NO9/c1-5-7-19(24)31-17-10-9-15(12-18(17)32-20(25)8-6-2)11-16(21(26)27)23-13-14(3)30-22(28)29-4/h9-10,12,14,16,23H,5-8,11,13H2,1-4H3,(H,26,27)/t14?,16-/m0/s1. The largest absolute Gasteiger partial charge is 0.508 e. The van der Waals surface area contributed by atoms with E-state index in [4.69, 9.17) is 14.2 Å². The number of rotatable bonds is 13. The SMILES string of the molecule is CCCC(=O)Oc1ccc(C[C@H](NCC(C)OC(=O)OC)C(=O)O)cc1OC(=O)CCC. The first-order chi connectivity index (χ1) is 15.2. The topological polar surface area (TPSA) is 137 Å². The summed E-state index contributed by atoms with van der Waals surface area (Å²) in [5, 5.41) is 12.4. The first kappa shape index (κ1) is 26.9. The Balaban J connectivity index is 2.97. The van der Waals surface area contributed by atoms with Gasteiger partial charge in [-0.2, -0.15) is 0 Å². The molecule has 10 nitrogen and oxygen atoms in total. The number of carbonyl (C=O) groups excluding carboxylic acids is 3. The van der Waals surface area contributed by atoms with Crippen LogP contribution in [0.25, 0.3) is 0 Å². The molecule has 0 spiro atoms. The van der Waals surface area contributed by atoms with E-state index in [1.807, 2.05) is 13.8 Å². The van der Waals surface area contributed by atoms with Gasteiger partial charge in [0.1, 0.15) is 12.1 Å². The predicted octanol–water partition coefficient (Wildman–Crippen LogP) is 2.85. The summed E-state index contributed by atoms with van der Waals surface area (Å²) < 4.78 is 20.0. The van der Waals surface area contributed by atoms with Crippen molar-refractivity contribution in [1.82, 2.24) is 5.32 Å². The van der Waals surface area contributed by atoms with Crippen molar-refractivity contribution in [3.8, 4) is 11.5 Å². The molecule has 0 amide bonds. The van der Waals surface area contributed by atoms with Gasteiger partial charge in [-0.1, -0.05) is 19.9 Å². The van der Waals surface area contributed by atoms with Gasteiger partial charge in [0, 0.05) is 19.4 Å². The van der Waals surface area contributed by atoms with Crippen molar-refractivity contribution in [3.63, 3.8) is 0 Å². The first-order valence-corrected chi connectivity index (χ1v) is 10.4. The number of hydrogen-bond donors (Lipinski definition) is 2. The Hall–Kier alpha value is -3.14. The van der Waals surface area contributed by atoms with Gasteiger partial charge in [0.25, 0.3) is 0 Å². The van der Waals surface area contributed by atoms with Crippen molar-refractivity contribution >= 4 is 24.1 Å². The third-order valence-electron chi connectivity index (χ3n) is 4.22. The van der Waals surface area contributed by atoms with E-state index in [1.165, 1.54) is 19.2 Å². The molecular weight excluding hydrogens is 422 g/mol. The Morgan fingerprint density at radius 2 is 1.59 bits per heavy atom. The summed E-state index contributed by atoms with van der Waals surface area (Å²) in [4.78, 5) is 46.7. The average molecular weight is 453 g/mol. The van der Waals surface area contributed by atoms with Crippen LogP contribution in [0.4, 0.5) is 4.79 Å².